The van der Waals surface area contributed by atoms with Crippen molar-refractivity contribution < 1.29 is 0 Å². The number of hydrogen-bond acceptors (Lipinski definition) is 4. The molecule has 0 saturated heterocycles. The minimum Gasteiger partial charge on any atom is -0.322 e. The van der Waals surface area contributed by atoms with Crippen LogP contribution in [0.4, 0.5) is 0 Å². The molecule has 6 heteroatoms. The van der Waals surface area contributed by atoms with Crippen molar-refractivity contribution in [3.8, 4) is 0 Å². The Morgan fingerprint density at radius 2 is 2.05 bits per heavy atom. The fourth-order valence-electron chi connectivity index (χ4n) is 2.36. The molecule has 0 aliphatic carbocycles. The Hall–Kier alpha value is -1.69. The van der Waals surface area contributed by atoms with Gasteiger partial charge in [0.15, 0.2) is 0 Å². The summed E-state index contributed by atoms with van der Waals surface area (Å²) in [6.45, 7) is 10.1. The van der Waals surface area contributed by atoms with Crippen LogP contribution in [-0.2, 0) is 19.5 Å². The average molecular weight is 276 g/mol. The van der Waals surface area contributed by atoms with Crippen LogP contribution in [0.2, 0.25) is 0 Å². The minimum absolute atomic E-state index is 0.105. The predicted octanol–water partition coefficient (Wildman–Crippen LogP) is 1.70. The van der Waals surface area contributed by atoms with Crippen molar-refractivity contribution in [3.63, 3.8) is 0 Å². The second-order valence-electron chi connectivity index (χ2n) is 5.59. The molecule has 2 N–H and O–H groups in total. The van der Waals surface area contributed by atoms with Crippen LogP contribution in [0.25, 0.3) is 0 Å². The summed E-state index contributed by atoms with van der Waals surface area (Å²) in [7, 11) is 0. The Labute approximate surface area is 120 Å². The summed E-state index contributed by atoms with van der Waals surface area (Å²) in [5.41, 5.74) is 8.39. The Balaban J connectivity index is 2.15. The highest BCUT2D eigenvalue weighted by Crippen LogP contribution is 2.16. The van der Waals surface area contributed by atoms with Crippen LogP contribution in [-0.4, -0.2) is 24.5 Å². The molecule has 2 aromatic rings. The lowest BCUT2D eigenvalue weighted by atomic mass is 10.1. The van der Waals surface area contributed by atoms with Crippen LogP contribution in [0, 0.1) is 12.8 Å². The topological polar surface area (TPSA) is 74.6 Å². The molecule has 20 heavy (non-hydrogen) atoms. The largest absolute Gasteiger partial charge is 0.322 e. The van der Waals surface area contributed by atoms with Crippen LogP contribution in [0.5, 0.6) is 0 Å². The fraction of sp³-hybridized carbons (Fsp3) is 0.643. The number of nitrogens with two attached hydrogens (primary N) is 1. The molecule has 0 aliphatic rings. The molecule has 2 aromatic heterocycles. The van der Waals surface area contributed by atoms with E-state index in [-0.39, 0.29) is 6.04 Å². The van der Waals surface area contributed by atoms with Gasteiger partial charge in [-0.05, 0) is 25.8 Å². The van der Waals surface area contributed by atoms with E-state index in [0.29, 0.717) is 12.3 Å². The van der Waals surface area contributed by atoms with Gasteiger partial charge in [-0.15, -0.1) is 0 Å². The summed E-state index contributed by atoms with van der Waals surface area (Å²) in [5, 5.41) is 8.72. The van der Waals surface area contributed by atoms with Crippen LogP contribution in [0.1, 0.15) is 44.0 Å². The zero-order valence-corrected chi connectivity index (χ0v) is 12.7. The molecule has 1 unspecified atom stereocenters. The third-order valence-electron chi connectivity index (χ3n) is 3.25. The van der Waals surface area contributed by atoms with E-state index in [1.54, 1.807) is 6.33 Å². The van der Waals surface area contributed by atoms with E-state index in [0.717, 1.165) is 30.3 Å². The Morgan fingerprint density at radius 3 is 2.70 bits per heavy atom. The second-order valence-corrected chi connectivity index (χ2v) is 5.59. The summed E-state index contributed by atoms with van der Waals surface area (Å²) in [5.74, 6) is 1.47. The predicted molar refractivity (Wildman–Crippen MR) is 78.1 cm³/mol. The second kappa shape index (κ2) is 6.17. The first-order valence-corrected chi connectivity index (χ1v) is 7.17. The summed E-state index contributed by atoms with van der Waals surface area (Å²) in [6.07, 6.45) is 2.28. The highest BCUT2D eigenvalue weighted by atomic mass is 15.3. The molecule has 2 rings (SSSR count). The van der Waals surface area contributed by atoms with Crippen molar-refractivity contribution in [2.75, 3.05) is 0 Å². The molecule has 0 saturated carbocycles. The first-order valence-electron chi connectivity index (χ1n) is 7.17. The van der Waals surface area contributed by atoms with E-state index < -0.39 is 0 Å². The Kier molecular flexibility index (Phi) is 4.54. The van der Waals surface area contributed by atoms with Gasteiger partial charge >= 0.3 is 0 Å². The van der Waals surface area contributed by atoms with Gasteiger partial charge in [-0.3, -0.25) is 4.68 Å². The quantitative estimate of drug-likeness (QED) is 0.871. The van der Waals surface area contributed by atoms with E-state index in [4.69, 9.17) is 5.73 Å². The normalized spacial score (nSPS) is 13.1. The molecule has 110 valence electrons. The van der Waals surface area contributed by atoms with Crippen molar-refractivity contribution >= 4 is 0 Å². The van der Waals surface area contributed by atoms with E-state index in [1.807, 2.05) is 16.3 Å². The third-order valence-corrected chi connectivity index (χ3v) is 3.25. The van der Waals surface area contributed by atoms with Gasteiger partial charge in [-0.1, -0.05) is 13.8 Å². The molecule has 6 nitrogen and oxygen atoms in total. The minimum atomic E-state index is -0.105. The number of rotatable bonds is 6. The van der Waals surface area contributed by atoms with Crippen molar-refractivity contribution in [2.45, 2.75) is 53.2 Å². The molecule has 0 amide bonds. The molecule has 0 aromatic carbocycles. The zero-order chi connectivity index (χ0) is 14.7. The average Bonchev–Trinajstić information content (AvgIpc) is 2.95. The molecule has 0 spiro atoms. The lowest BCUT2D eigenvalue weighted by molar-refractivity contribution is 0.455. The van der Waals surface area contributed by atoms with Crippen molar-refractivity contribution in [1.29, 1.82) is 0 Å². The number of aryl methyl sites for hydroxylation is 2. The first kappa shape index (κ1) is 14.7. The van der Waals surface area contributed by atoms with Gasteiger partial charge in [0, 0.05) is 19.5 Å². The summed E-state index contributed by atoms with van der Waals surface area (Å²) >= 11 is 0. The van der Waals surface area contributed by atoms with Gasteiger partial charge in [-0.25, -0.2) is 9.67 Å². The van der Waals surface area contributed by atoms with E-state index >= 15 is 0 Å². The highest BCUT2D eigenvalue weighted by molar-refractivity contribution is 5.14. The highest BCUT2D eigenvalue weighted by Gasteiger charge is 2.17. The van der Waals surface area contributed by atoms with Crippen molar-refractivity contribution in [2.24, 2.45) is 11.7 Å². The SMILES string of the molecule is CCn1nc(C)cc1C(N)Cc1ncnn1CC(C)C. The molecular formula is C14H24N6. The lowest BCUT2D eigenvalue weighted by Crippen LogP contribution is -2.21. The number of aromatic nitrogens is 5. The monoisotopic (exact) mass is 276 g/mol. The standard InChI is InChI=1S/C14H24N6/c1-5-19-13(6-11(4)18-19)12(15)7-14-16-9-17-20(14)8-10(2)3/h6,9-10,12H,5,7-8,15H2,1-4H3. The maximum Gasteiger partial charge on any atom is 0.138 e. The summed E-state index contributed by atoms with van der Waals surface area (Å²) in [6, 6.07) is 1.95. The van der Waals surface area contributed by atoms with Crippen LogP contribution < -0.4 is 5.73 Å². The van der Waals surface area contributed by atoms with Gasteiger partial charge in [0.2, 0.25) is 0 Å². The van der Waals surface area contributed by atoms with Gasteiger partial charge in [0.1, 0.15) is 12.2 Å². The van der Waals surface area contributed by atoms with Crippen molar-refractivity contribution in [3.05, 3.63) is 29.6 Å². The fourth-order valence-corrected chi connectivity index (χ4v) is 2.36. The number of hydrogen-bond donors (Lipinski definition) is 1. The molecule has 2 heterocycles. The van der Waals surface area contributed by atoms with Gasteiger partial charge in [0.25, 0.3) is 0 Å². The van der Waals surface area contributed by atoms with E-state index in [2.05, 4.69) is 42.0 Å². The smallest absolute Gasteiger partial charge is 0.138 e. The van der Waals surface area contributed by atoms with Crippen LogP contribution in [0.3, 0.4) is 0 Å². The van der Waals surface area contributed by atoms with Gasteiger partial charge < -0.3 is 5.73 Å². The maximum atomic E-state index is 6.33. The van der Waals surface area contributed by atoms with Gasteiger partial charge in [-0.2, -0.15) is 10.2 Å². The molecule has 1 atom stereocenters. The van der Waals surface area contributed by atoms with Crippen molar-refractivity contribution in [1.82, 2.24) is 24.5 Å². The first-order chi connectivity index (χ1) is 9.51. The molecular weight excluding hydrogens is 252 g/mol. The number of nitrogens with zero attached hydrogens (tertiary/aromatic N) is 5. The summed E-state index contributed by atoms with van der Waals surface area (Å²) < 4.78 is 3.91. The Bertz CT molecular complexity index is 554. The zero-order valence-electron chi connectivity index (χ0n) is 12.7. The lowest BCUT2D eigenvalue weighted by Gasteiger charge is -2.14. The third kappa shape index (κ3) is 3.25. The molecule has 0 aliphatic heterocycles. The summed E-state index contributed by atoms with van der Waals surface area (Å²) in [4.78, 5) is 4.34. The Morgan fingerprint density at radius 1 is 1.30 bits per heavy atom. The van der Waals surface area contributed by atoms with E-state index in [9.17, 15) is 0 Å². The molecule has 0 fully saturated rings. The maximum absolute atomic E-state index is 6.33. The van der Waals surface area contributed by atoms with E-state index in [1.165, 1.54) is 0 Å². The van der Waals surface area contributed by atoms with Crippen LogP contribution >= 0.6 is 0 Å². The van der Waals surface area contributed by atoms with Crippen LogP contribution in [0.15, 0.2) is 12.4 Å². The van der Waals surface area contributed by atoms with Gasteiger partial charge in [0.05, 0.1) is 17.4 Å². The molecule has 0 bridgehead atoms. The molecule has 0 radical (unpaired) electrons.